The summed E-state index contributed by atoms with van der Waals surface area (Å²) in [5, 5.41) is 18.2. The van der Waals surface area contributed by atoms with E-state index < -0.39 is 11.9 Å². The minimum absolute atomic E-state index is 0.671. The molecule has 1 heterocycles. The van der Waals surface area contributed by atoms with Gasteiger partial charge in [-0.15, -0.1) is 0 Å². The van der Waals surface area contributed by atoms with Crippen molar-refractivity contribution in [3.63, 3.8) is 0 Å². The Hall–Kier alpha value is -4.59. The van der Waals surface area contributed by atoms with Gasteiger partial charge in [0.15, 0.2) is 0 Å². The Bertz CT molecular complexity index is 1240. The minimum Gasteiger partial charge on any atom is -0.473 e. The van der Waals surface area contributed by atoms with Crippen LogP contribution in [0.15, 0.2) is 85.1 Å². The van der Waals surface area contributed by atoms with E-state index in [0.29, 0.717) is 6.54 Å². The molecule has 0 spiro atoms. The van der Waals surface area contributed by atoms with E-state index in [-0.39, 0.29) is 0 Å². The average molecular weight is 460 g/mol. The zero-order chi connectivity index (χ0) is 24.5. The summed E-state index contributed by atoms with van der Waals surface area (Å²) in [7, 11) is 2.03. The van der Waals surface area contributed by atoms with Crippen molar-refractivity contribution < 1.29 is 24.5 Å². The number of rotatable bonds is 6. The van der Waals surface area contributed by atoms with E-state index in [1.54, 1.807) is 0 Å². The summed E-state index contributed by atoms with van der Waals surface area (Å²) in [4.78, 5) is 22.7. The first-order valence-electron chi connectivity index (χ1n) is 10.4. The third-order valence-corrected chi connectivity index (χ3v) is 4.85. The summed E-state index contributed by atoms with van der Waals surface area (Å²) in [5.74, 6) is -1.15. The maximum atomic E-state index is 9.10. The van der Waals surface area contributed by atoms with Crippen LogP contribution < -0.4 is 10.1 Å². The average Bonchev–Trinajstić information content (AvgIpc) is 3.20. The number of benzene rings is 3. The van der Waals surface area contributed by atoms with Crippen LogP contribution in [0.1, 0.15) is 11.1 Å². The van der Waals surface area contributed by atoms with Crippen molar-refractivity contribution >= 4 is 17.9 Å². The molecule has 4 rings (SSSR count). The molecule has 34 heavy (non-hydrogen) atoms. The van der Waals surface area contributed by atoms with Crippen LogP contribution in [-0.2, 0) is 23.2 Å². The van der Waals surface area contributed by atoms with Gasteiger partial charge in [0.25, 0.3) is 0 Å². The van der Waals surface area contributed by atoms with E-state index in [0.717, 1.165) is 34.3 Å². The van der Waals surface area contributed by atoms with Crippen molar-refractivity contribution in [2.75, 3.05) is 5.32 Å². The molecule has 0 aliphatic heterocycles. The van der Waals surface area contributed by atoms with Crippen molar-refractivity contribution in [1.82, 2.24) is 9.55 Å². The molecule has 0 bridgehead atoms. The van der Waals surface area contributed by atoms with Gasteiger partial charge in [-0.25, -0.2) is 14.6 Å². The first-order chi connectivity index (χ1) is 16.3. The number of carboxylic acids is 2. The summed E-state index contributed by atoms with van der Waals surface area (Å²) in [5.41, 5.74) is 4.63. The Morgan fingerprint density at radius 3 is 2.21 bits per heavy atom. The van der Waals surface area contributed by atoms with Gasteiger partial charge in [0.2, 0.25) is 5.95 Å². The quantitative estimate of drug-likeness (QED) is 0.349. The highest BCUT2D eigenvalue weighted by molar-refractivity contribution is 6.27. The highest BCUT2D eigenvalue weighted by Gasteiger charge is 2.08. The van der Waals surface area contributed by atoms with Crippen LogP contribution in [0.5, 0.6) is 11.5 Å². The van der Waals surface area contributed by atoms with Gasteiger partial charge in [0, 0.05) is 13.6 Å². The maximum Gasteiger partial charge on any atom is 0.414 e. The van der Waals surface area contributed by atoms with Crippen molar-refractivity contribution in [2.45, 2.75) is 13.5 Å². The lowest BCUT2D eigenvalue weighted by molar-refractivity contribution is -0.159. The Morgan fingerprint density at radius 1 is 0.912 bits per heavy atom. The number of anilines is 1. The number of carboxylic acid groups (broad SMARTS) is 2. The largest absolute Gasteiger partial charge is 0.473 e. The summed E-state index contributed by atoms with van der Waals surface area (Å²) in [6.07, 6.45) is 1.90. The zero-order valence-electron chi connectivity index (χ0n) is 18.8. The third kappa shape index (κ3) is 6.70. The van der Waals surface area contributed by atoms with Crippen LogP contribution in [0.25, 0.3) is 11.3 Å². The smallest absolute Gasteiger partial charge is 0.414 e. The van der Waals surface area contributed by atoms with E-state index in [4.69, 9.17) is 24.5 Å². The molecule has 0 unspecified atom stereocenters. The Kier molecular flexibility index (Phi) is 8.02. The number of hydrogen-bond donors (Lipinski definition) is 3. The van der Waals surface area contributed by atoms with Crippen LogP contribution in [0.3, 0.4) is 0 Å². The Balaban J connectivity index is 0.000000481. The molecule has 8 nitrogen and oxygen atoms in total. The van der Waals surface area contributed by atoms with E-state index in [1.165, 1.54) is 5.56 Å². The number of aryl methyl sites for hydroxylation is 1. The molecule has 3 aromatic carbocycles. The monoisotopic (exact) mass is 459 g/mol. The molecule has 0 fully saturated rings. The van der Waals surface area contributed by atoms with Gasteiger partial charge in [-0.05, 0) is 42.3 Å². The lowest BCUT2D eigenvalue weighted by Gasteiger charge is -2.10. The van der Waals surface area contributed by atoms with E-state index in [1.807, 2.05) is 61.8 Å². The van der Waals surface area contributed by atoms with Crippen LogP contribution in [0.2, 0.25) is 0 Å². The number of aliphatic carboxylic acids is 2. The molecule has 174 valence electrons. The zero-order valence-corrected chi connectivity index (χ0v) is 18.8. The topological polar surface area (TPSA) is 114 Å². The summed E-state index contributed by atoms with van der Waals surface area (Å²) in [6, 6.07) is 26.4. The van der Waals surface area contributed by atoms with Crippen LogP contribution >= 0.6 is 0 Å². The Morgan fingerprint density at radius 2 is 1.56 bits per heavy atom. The molecule has 4 aromatic rings. The maximum absolute atomic E-state index is 9.10. The molecule has 0 aliphatic carbocycles. The second kappa shape index (κ2) is 11.3. The normalized spacial score (nSPS) is 10.1. The molecule has 0 aliphatic rings. The molecule has 0 radical (unpaired) electrons. The van der Waals surface area contributed by atoms with E-state index in [2.05, 4.69) is 52.1 Å². The van der Waals surface area contributed by atoms with E-state index >= 15 is 0 Å². The van der Waals surface area contributed by atoms with Gasteiger partial charge in [0.05, 0.1) is 11.9 Å². The van der Waals surface area contributed by atoms with Crippen molar-refractivity contribution in [3.05, 3.63) is 96.2 Å². The molecule has 0 saturated heterocycles. The fourth-order valence-electron chi connectivity index (χ4n) is 3.09. The second-order valence-electron chi connectivity index (χ2n) is 7.42. The lowest BCUT2D eigenvalue weighted by Crippen LogP contribution is -2.09. The molecule has 0 amide bonds. The van der Waals surface area contributed by atoms with Gasteiger partial charge < -0.3 is 24.8 Å². The first kappa shape index (κ1) is 24.1. The third-order valence-electron chi connectivity index (χ3n) is 4.85. The second-order valence-corrected chi connectivity index (χ2v) is 7.42. The number of nitrogens with zero attached hydrogens (tertiary/aromatic N) is 2. The van der Waals surface area contributed by atoms with Gasteiger partial charge in [0.1, 0.15) is 11.5 Å². The molecule has 3 N–H and O–H groups in total. The number of aromatic nitrogens is 2. The minimum atomic E-state index is -1.82. The van der Waals surface area contributed by atoms with E-state index in [9.17, 15) is 0 Å². The van der Waals surface area contributed by atoms with Crippen LogP contribution in [0.4, 0.5) is 5.95 Å². The predicted molar refractivity (Wildman–Crippen MR) is 129 cm³/mol. The molecule has 1 aromatic heterocycles. The van der Waals surface area contributed by atoms with Gasteiger partial charge in [-0.1, -0.05) is 60.2 Å². The van der Waals surface area contributed by atoms with Gasteiger partial charge in [-0.3, -0.25) is 0 Å². The predicted octanol–water partition coefficient (Wildman–Crippen LogP) is 4.96. The number of para-hydroxylation sites is 1. The SMILES string of the molecule is Cc1ccc(-c2cnc(NCc3cccc(Oc4ccccc4)c3)n2C)cc1.O=C(O)C(=O)O. The fraction of sp³-hybridized carbons (Fsp3) is 0.115. The molecule has 8 heteroatoms. The number of ether oxygens (including phenoxy) is 1. The number of carbonyl (C=O) groups is 2. The lowest BCUT2D eigenvalue weighted by atomic mass is 10.1. The number of hydrogen-bond acceptors (Lipinski definition) is 5. The highest BCUT2D eigenvalue weighted by Crippen LogP contribution is 2.24. The van der Waals surface area contributed by atoms with Gasteiger partial charge in [-0.2, -0.15) is 0 Å². The summed E-state index contributed by atoms with van der Waals surface area (Å²) in [6.45, 7) is 2.76. The number of imidazole rings is 1. The fourth-order valence-corrected chi connectivity index (χ4v) is 3.09. The number of nitrogens with one attached hydrogen (secondary N) is 1. The molecular formula is C26H25N3O5. The molecular weight excluding hydrogens is 434 g/mol. The van der Waals surface area contributed by atoms with Crippen molar-refractivity contribution in [3.8, 4) is 22.8 Å². The van der Waals surface area contributed by atoms with Crippen molar-refractivity contribution in [2.24, 2.45) is 7.05 Å². The van der Waals surface area contributed by atoms with Gasteiger partial charge >= 0.3 is 11.9 Å². The molecule has 0 saturated carbocycles. The van der Waals surface area contributed by atoms with Crippen LogP contribution in [-0.4, -0.2) is 31.7 Å². The first-order valence-corrected chi connectivity index (χ1v) is 10.4. The summed E-state index contributed by atoms with van der Waals surface area (Å²) >= 11 is 0. The van der Waals surface area contributed by atoms with Crippen LogP contribution in [0, 0.1) is 6.92 Å². The standard InChI is InChI=1S/C24H23N3O.C2H2O4/c1-18-11-13-20(14-12-18)23-17-26-24(27(23)2)25-16-19-7-6-10-22(15-19)28-21-8-4-3-5-9-21;3-1(4)2(5)6/h3-15,17H,16H2,1-2H3,(H,25,26);(H,3,4)(H,5,6). The van der Waals surface area contributed by atoms with Crippen molar-refractivity contribution in [1.29, 1.82) is 0 Å². The molecule has 0 atom stereocenters. The highest BCUT2D eigenvalue weighted by atomic mass is 16.5. The summed E-state index contributed by atoms with van der Waals surface area (Å²) < 4.78 is 8.00. The Labute approximate surface area is 197 Å².